The van der Waals surface area contributed by atoms with Gasteiger partial charge in [0.2, 0.25) is 0 Å². The molecule has 0 saturated carbocycles. The fourth-order valence-corrected chi connectivity index (χ4v) is 4.15. The molecule has 0 aliphatic carbocycles. The highest BCUT2D eigenvalue weighted by Gasteiger charge is 2.32. The van der Waals surface area contributed by atoms with Crippen LogP contribution in [0.2, 0.25) is 0 Å². The second kappa shape index (κ2) is 7.48. The van der Waals surface area contributed by atoms with Gasteiger partial charge in [0.15, 0.2) is 0 Å². The number of nitrogens with zero attached hydrogens (tertiary/aromatic N) is 3. The van der Waals surface area contributed by atoms with Crippen LogP contribution in [-0.4, -0.2) is 47.5 Å². The van der Waals surface area contributed by atoms with Gasteiger partial charge in [-0.15, -0.1) is 24.5 Å². The standard InChI is InChI=1S/C19H18F3N3O2S/c20-19(21,22)27-16-4-2-1-3-13(16)11-24-7-9-25(10-8-24)14-5-6-15(26)18-17(14)23-12-28-18/h1-6,12,26H,7-11H2. The van der Waals surface area contributed by atoms with Crippen LogP contribution >= 0.6 is 11.3 Å². The quantitative estimate of drug-likeness (QED) is 0.699. The monoisotopic (exact) mass is 409 g/mol. The maximum Gasteiger partial charge on any atom is 0.573 e. The van der Waals surface area contributed by atoms with Crippen molar-refractivity contribution in [3.8, 4) is 11.5 Å². The Morgan fingerprint density at radius 3 is 2.57 bits per heavy atom. The van der Waals surface area contributed by atoms with E-state index < -0.39 is 6.36 Å². The van der Waals surface area contributed by atoms with Gasteiger partial charge in [0.25, 0.3) is 0 Å². The predicted molar refractivity (Wildman–Crippen MR) is 102 cm³/mol. The number of thiazole rings is 1. The molecule has 28 heavy (non-hydrogen) atoms. The summed E-state index contributed by atoms with van der Waals surface area (Å²) in [5.74, 6) is 0.0707. The molecule has 0 radical (unpaired) electrons. The number of aromatic hydroxyl groups is 1. The van der Waals surface area contributed by atoms with E-state index in [1.54, 1.807) is 23.7 Å². The number of phenolic OH excluding ortho intramolecular Hbond substituents is 1. The van der Waals surface area contributed by atoms with Crippen molar-refractivity contribution in [3.05, 3.63) is 47.5 Å². The molecule has 1 fully saturated rings. The number of anilines is 1. The molecule has 1 aromatic heterocycles. The van der Waals surface area contributed by atoms with Crippen molar-refractivity contribution < 1.29 is 23.0 Å². The third-order valence-electron chi connectivity index (χ3n) is 4.75. The zero-order valence-electron chi connectivity index (χ0n) is 14.8. The van der Waals surface area contributed by atoms with Gasteiger partial charge in [-0.25, -0.2) is 4.98 Å². The average molecular weight is 409 g/mol. The molecule has 148 valence electrons. The molecule has 2 heterocycles. The van der Waals surface area contributed by atoms with Crippen LogP contribution in [0.1, 0.15) is 5.56 Å². The van der Waals surface area contributed by atoms with Crippen LogP contribution in [0.15, 0.2) is 41.9 Å². The molecule has 0 unspecified atom stereocenters. The molecule has 1 aliphatic rings. The highest BCUT2D eigenvalue weighted by Crippen LogP contribution is 2.35. The van der Waals surface area contributed by atoms with Gasteiger partial charge in [-0.2, -0.15) is 0 Å². The lowest BCUT2D eigenvalue weighted by Gasteiger charge is -2.36. The molecular formula is C19H18F3N3O2S. The Morgan fingerprint density at radius 1 is 1.07 bits per heavy atom. The lowest BCUT2D eigenvalue weighted by atomic mass is 10.1. The number of alkyl halides is 3. The number of piperazine rings is 1. The van der Waals surface area contributed by atoms with Gasteiger partial charge in [-0.1, -0.05) is 18.2 Å². The molecule has 2 aromatic carbocycles. The van der Waals surface area contributed by atoms with E-state index in [0.717, 1.165) is 29.0 Å². The van der Waals surface area contributed by atoms with E-state index in [1.165, 1.54) is 23.5 Å². The Kier molecular flexibility index (Phi) is 5.03. The Bertz CT molecular complexity index is 968. The number of halogens is 3. The molecule has 0 bridgehead atoms. The topological polar surface area (TPSA) is 48.8 Å². The van der Waals surface area contributed by atoms with Crippen molar-refractivity contribution >= 4 is 27.2 Å². The molecule has 1 N–H and O–H groups in total. The lowest BCUT2D eigenvalue weighted by molar-refractivity contribution is -0.275. The predicted octanol–water partition coefficient (Wildman–Crippen LogP) is 4.22. The van der Waals surface area contributed by atoms with E-state index in [4.69, 9.17) is 0 Å². The van der Waals surface area contributed by atoms with Crippen LogP contribution < -0.4 is 9.64 Å². The van der Waals surface area contributed by atoms with E-state index in [1.807, 2.05) is 6.07 Å². The number of aromatic nitrogens is 1. The van der Waals surface area contributed by atoms with E-state index in [9.17, 15) is 18.3 Å². The third kappa shape index (κ3) is 4.00. The SMILES string of the molecule is Oc1ccc(N2CCN(Cc3ccccc3OC(F)(F)F)CC2)c2ncsc12. The summed E-state index contributed by atoms with van der Waals surface area (Å²) in [4.78, 5) is 8.66. The van der Waals surface area contributed by atoms with Crippen LogP contribution in [0.5, 0.6) is 11.5 Å². The maximum absolute atomic E-state index is 12.6. The second-order valence-corrected chi connectivity index (χ2v) is 7.41. The van der Waals surface area contributed by atoms with Crippen molar-refractivity contribution in [3.63, 3.8) is 0 Å². The van der Waals surface area contributed by atoms with Gasteiger partial charge in [0.05, 0.1) is 15.9 Å². The molecule has 3 aromatic rings. The summed E-state index contributed by atoms with van der Waals surface area (Å²) in [7, 11) is 0. The summed E-state index contributed by atoms with van der Waals surface area (Å²) in [6, 6.07) is 9.78. The Balaban J connectivity index is 1.44. The number of hydrogen-bond acceptors (Lipinski definition) is 6. The van der Waals surface area contributed by atoms with E-state index in [2.05, 4.69) is 19.5 Å². The minimum atomic E-state index is -4.70. The molecule has 0 amide bonds. The molecule has 1 saturated heterocycles. The van der Waals surface area contributed by atoms with Gasteiger partial charge in [-0.3, -0.25) is 4.90 Å². The number of benzene rings is 2. The van der Waals surface area contributed by atoms with Gasteiger partial charge >= 0.3 is 6.36 Å². The largest absolute Gasteiger partial charge is 0.573 e. The lowest BCUT2D eigenvalue weighted by Crippen LogP contribution is -2.46. The Morgan fingerprint density at radius 2 is 1.82 bits per heavy atom. The number of rotatable bonds is 4. The van der Waals surface area contributed by atoms with Gasteiger partial charge in [-0.05, 0) is 18.2 Å². The van der Waals surface area contributed by atoms with E-state index in [0.29, 0.717) is 25.2 Å². The van der Waals surface area contributed by atoms with Crippen LogP contribution in [0, 0.1) is 0 Å². The number of hydrogen-bond donors (Lipinski definition) is 1. The summed E-state index contributed by atoms with van der Waals surface area (Å²) in [5.41, 5.74) is 3.97. The number of para-hydroxylation sites is 1. The zero-order chi connectivity index (χ0) is 19.7. The second-order valence-electron chi connectivity index (χ2n) is 6.55. The zero-order valence-corrected chi connectivity index (χ0v) is 15.6. The summed E-state index contributed by atoms with van der Waals surface area (Å²) in [6.07, 6.45) is -4.70. The Labute approximate surface area is 163 Å². The molecule has 4 rings (SSSR count). The van der Waals surface area contributed by atoms with Crippen LogP contribution in [-0.2, 0) is 6.54 Å². The minimum absolute atomic E-state index is 0.153. The van der Waals surface area contributed by atoms with Crippen LogP contribution in [0.4, 0.5) is 18.9 Å². The smallest absolute Gasteiger partial charge is 0.506 e. The van der Waals surface area contributed by atoms with Crippen LogP contribution in [0.3, 0.4) is 0 Å². The first kappa shape index (κ1) is 18.8. The first-order valence-electron chi connectivity index (χ1n) is 8.77. The molecule has 9 heteroatoms. The van der Waals surface area contributed by atoms with E-state index >= 15 is 0 Å². The maximum atomic E-state index is 12.6. The first-order chi connectivity index (χ1) is 13.4. The molecule has 0 spiro atoms. The van der Waals surface area contributed by atoms with Crippen molar-refractivity contribution in [2.75, 3.05) is 31.1 Å². The Hall–Kier alpha value is -2.52. The number of fused-ring (bicyclic) bond motifs is 1. The number of phenols is 1. The minimum Gasteiger partial charge on any atom is -0.506 e. The fourth-order valence-electron chi connectivity index (χ4n) is 3.42. The summed E-state index contributed by atoms with van der Waals surface area (Å²) >= 11 is 1.40. The molecule has 1 aliphatic heterocycles. The first-order valence-corrected chi connectivity index (χ1v) is 9.65. The summed E-state index contributed by atoms with van der Waals surface area (Å²) in [5, 5.41) is 9.95. The molecule has 0 atom stereocenters. The highest BCUT2D eigenvalue weighted by molar-refractivity contribution is 7.17. The van der Waals surface area contributed by atoms with Crippen molar-refractivity contribution in [1.82, 2.24) is 9.88 Å². The highest BCUT2D eigenvalue weighted by atomic mass is 32.1. The fraction of sp³-hybridized carbons (Fsp3) is 0.316. The van der Waals surface area contributed by atoms with Crippen LogP contribution in [0.25, 0.3) is 10.2 Å². The third-order valence-corrected chi connectivity index (χ3v) is 5.60. The van der Waals surface area contributed by atoms with Crippen molar-refractivity contribution in [2.45, 2.75) is 12.9 Å². The van der Waals surface area contributed by atoms with Gasteiger partial charge in [0.1, 0.15) is 17.0 Å². The number of ether oxygens (including phenoxy) is 1. The summed E-state index contributed by atoms with van der Waals surface area (Å²) in [6.45, 7) is 3.24. The van der Waals surface area contributed by atoms with Crippen molar-refractivity contribution in [1.29, 1.82) is 0 Å². The normalized spacial score (nSPS) is 15.9. The van der Waals surface area contributed by atoms with Gasteiger partial charge in [0, 0.05) is 38.3 Å². The molecule has 5 nitrogen and oxygen atoms in total. The van der Waals surface area contributed by atoms with E-state index in [-0.39, 0.29) is 11.5 Å². The molecular weight excluding hydrogens is 391 g/mol. The average Bonchev–Trinajstić information content (AvgIpc) is 3.14. The summed E-state index contributed by atoms with van der Waals surface area (Å²) < 4.78 is 42.7. The van der Waals surface area contributed by atoms with Crippen molar-refractivity contribution in [2.24, 2.45) is 0 Å². The van der Waals surface area contributed by atoms with Gasteiger partial charge < -0.3 is 14.7 Å².